The van der Waals surface area contributed by atoms with Crippen LogP contribution in [0.2, 0.25) is 0 Å². The molecule has 0 aliphatic carbocycles. The van der Waals surface area contributed by atoms with E-state index in [1.165, 1.54) is 7.11 Å². The summed E-state index contributed by atoms with van der Waals surface area (Å²) in [4.78, 5) is 25.3. The summed E-state index contributed by atoms with van der Waals surface area (Å²) in [7, 11) is 1.50. The summed E-state index contributed by atoms with van der Waals surface area (Å²) in [6.45, 7) is 0. The lowest BCUT2D eigenvalue weighted by molar-refractivity contribution is 0.0697. The lowest BCUT2D eigenvalue weighted by Gasteiger charge is -2.15. The van der Waals surface area contributed by atoms with Crippen LogP contribution in [-0.2, 0) is 0 Å². The van der Waals surface area contributed by atoms with Gasteiger partial charge in [-0.25, -0.2) is 4.79 Å². The zero-order valence-electron chi connectivity index (χ0n) is 17.8. The van der Waals surface area contributed by atoms with Crippen molar-refractivity contribution < 1.29 is 19.4 Å². The molecule has 0 aliphatic rings. The first-order chi connectivity index (χ1) is 15.9. The Morgan fingerprint density at radius 3 is 2.15 bits per heavy atom. The number of ether oxygens (including phenoxy) is 1. The summed E-state index contributed by atoms with van der Waals surface area (Å²) in [6.07, 6.45) is 0. The fourth-order valence-electron chi connectivity index (χ4n) is 3.64. The first-order valence-electron chi connectivity index (χ1n) is 10.1. The zero-order chi connectivity index (χ0) is 23.5. The number of rotatable bonds is 6. The highest BCUT2D eigenvalue weighted by Gasteiger charge is 2.20. The van der Waals surface area contributed by atoms with Crippen LogP contribution in [0.25, 0.3) is 21.9 Å². The van der Waals surface area contributed by atoms with Crippen molar-refractivity contribution in [3.05, 3.63) is 95.6 Å². The van der Waals surface area contributed by atoms with E-state index in [0.29, 0.717) is 28.1 Å². The molecular formula is C26H21N3O4. The van der Waals surface area contributed by atoms with Gasteiger partial charge in [0.05, 0.1) is 18.2 Å². The number of nitrogens with two attached hydrogens (primary N) is 1. The van der Waals surface area contributed by atoms with Gasteiger partial charge in [-0.3, -0.25) is 10.2 Å². The molecule has 0 saturated carbocycles. The van der Waals surface area contributed by atoms with Crippen molar-refractivity contribution >= 4 is 34.2 Å². The van der Waals surface area contributed by atoms with Crippen molar-refractivity contribution in [1.82, 2.24) is 0 Å². The molecule has 0 saturated heterocycles. The molecular weight excluding hydrogens is 418 g/mol. The van der Waals surface area contributed by atoms with Crippen LogP contribution in [0, 0.1) is 5.41 Å². The highest BCUT2D eigenvalue weighted by molar-refractivity contribution is 6.12. The largest absolute Gasteiger partial charge is 0.497 e. The van der Waals surface area contributed by atoms with E-state index in [9.17, 15) is 14.7 Å². The number of amides is 1. The lowest BCUT2D eigenvalue weighted by Crippen LogP contribution is -2.15. The number of carbonyl (C=O) groups excluding carboxylic acids is 1. The average Bonchev–Trinajstić information content (AvgIpc) is 2.83. The molecule has 0 aromatic heterocycles. The number of anilines is 1. The van der Waals surface area contributed by atoms with Crippen LogP contribution < -0.4 is 15.8 Å². The molecule has 4 rings (SSSR count). The van der Waals surface area contributed by atoms with E-state index in [2.05, 4.69) is 5.32 Å². The quantitative estimate of drug-likeness (QED) is 0.255. The van der Waals surface area contributed by atoms with Gasteiger partial charge in [0.15, 0.2) is 0 Å². The summed E-state index contributed by atoms with van der Waals surface area (Å²) >= 11 is 0. The molecule has 0 atom stereocenters. The number of carboxylic acid groups (broad SMARTS) is 1. The first kappa shape index (κ1) is 21.6. The van der Waals surface area contributed by atoms with E-state index >= 15 is 0 Å². The fraction of sp³-hybridized carbons (Fsp3) is 0.0385. The smallest absolute Gasteiger partial charge is 0.336 e. The number of carboxylic acids is 1. The van der Waals surface area contributed by atoms with Gasteiger partial charge in [-0.2, -0.15) is 0 Å². The molecule has 5 N–H and O–H groups in total. The normalized spacial score (nSPS) is 10.6. The number of nitrogens with one attached hydrogen (secondary N) is 2. The van der Waals surface area contributed by atoms with Gasteiger partial charge in [-0.05, 0) is 76.5 Å². The summed E-state index contributed by atoms with van der Waals surface area (Å²) < 4.78 is 5.30. The van der Waals surface area contributed by atoms with Crippen molar-refractivity contribution in [3.8, 4) is 16.9 Å². The number of aromatic carboxylic acids is 1. The van der Waals surface area contributed by atoms with E-state index in [1.54, 1.807) is 54.6 Å². The first-order valence-corrected chi connectivity index (χ1v) is 10.1. The van der Waals surface area contributed by atoms with Crippen LogP contribution in [0.4, 0.5) is 5.69 Å². The molecule has 0 spiro atoms. The third-order valence-corrected chi connectivity index (χ3v) is 5.33. The van der Waals surface area contributed by atoms with E-state index in [1.807, 2.05) is 24.3 Å². The molecule has 0 aliphatic heterocycles. The number of nitrogen functional groups attached to an aromatic ring is 1. The molecule has 1 amide bonds. The summed E-state index contributed by atoms with van der Waals surface area (Å²) in [5, 5.41) is 21.8. The number of methoxy groups -OCH3 is 1. The Balaban J connectivity index is 1.82. The number of hydrogen-bond acceptors (Lipinski definition) is 4. The summed E-state index contributed by atoms with van der Waals surface area (Å²) in [5.74, 6) is -1.12. The van der Waals surface area contributed by atoms with E-state index < -0.39 is 11.9 Å². The van der Waals surface area contributed by atoms with Gasteiger partial charge in [-0.15, -0.1) is 0 Å². The fourth-order valence-corrected chi connectivity index (χ4v) is 3.64. The molecule has 7 nitrogen and oxygen atoms in total. The van der Waals surface area contributed by atoms with Crippen LogP contribution in [0.1, 0.15) is 26.3 Å². The molecule has 4 aromatic rings. The van der Waals surface area contributed by atoms with Gasteiger partial charge in [0.1, 0.15) is 11.6 Å². The minimum atomic E-state index is -1.09. The number of fused-ring (bicyclic) bond motifs is 1. The molecule has 0 bridgehead atoms. The van der Waals surface area contributed by atoms with Crippen molar-refractivity contribution in [2.75, 3.05) is 12.4 Å². The predicted molar refractivity (Wildman–Crippen MR) is 128 cm³/mol. The Morgan fingerprint density at radius 2 is 1.55 bits per heavy atom. The number of carbonyl (C=O) groups is 2. The maximum atomic E-state index is 13.3. The van der Waals surface area contributed by atoms with Gasteiger partial charge < -0.3 is 20.9 Å². The zero-order valence-corrected chi connectivity index (χ0v) is 17.8. The minimum Gasteiger partial charge on any atom is -0.497 e. The Labute approximate surface area is 189 Å². The van der Waals surface area contributed by atoms with Gasteiger partial charge in [0.2, 0.25) is 0 Å². The average molecular weight is 439 g/mol. The molecule has 4 aromatic carbocycles. The Hall–Kier alpha value is -4.65. The van der Waals surface area contributed by atoms with Crippen molar-refractivity contribution in [3.63, 3.8) is 0 Å². The van der Waals surface area contributed by atoms with E-state index in [0.717, 1.165) is 10.8 Å². The van der Waals surface area contributed by atoms with Gasteiger partial charge >= 0.3 is 5.97 Å². The molecule has 0 heterocycles. The maximum Gasteiger partial charge on any atom is 0.336 e. The van der Waals surface area contributed by atoms with Gasteiger partial charge in [-0.1, -0.05) is 24.3 Å². The SMILES string of the molecule is COc1ccc(-c2cc3ccccc3cc2C(=O)O)c(C(=O)Nc2ccc(C(=N)N)cc2)c1. The molecule has 0 unspecified atom stereocenters. The standard InChI is InChI=1S/C26H21N3O4/c1-33-19-10-11-20(21-12-16-4-2-3-5-17(16)13-23(21)26(31)32)22(14-19)25(30)29-18-8-6-15(7-9-18)24(27)28/h2-14H,1H3,(H3,27,28)(H,29,30)(H,31,32). The lowest BCUT2D eigenvalue weighted by atomic mass is 9.92. The summed E-state index contributed by atoms with van der Waals surface area (Å²) in [5.41, 5.74) is 7.80. The third kappa shape index (κ3) is 4.38. The van der Waals surface area contributed by atoms with Crippen molar-refractivity contribution in [2.45, 2.75) is 0 Å². The Kier molecular flexibility index (Phi) is 5.78. The number of amidine groups is 1. The van der Waals surface area contributed by atoms with Gasteiger partial charge in [0, 0.05) is 11.3 Å². The van der Waals surface area contributed by atoms with E-state index in [4.69, 9.17) is 15.9 Å². The highest BCUT2D eigenvalue weighted by atomic mass is 16.5. The van der Waals surface area contributed by atoms with Crippen LogP contribution in [0.15, 0.2) is 78.9 Å². The Morgan fingerprint density at radius 1 is 0.879 bits per heavy atom. The second-order valence-electron chi connectivity index (χ2n) is 7.41. The molecule has 164 valence electrons. The molecule has 0 radical (unpaired) electrons. The highest BCUT2D eigenvalue weighted by Crippen LogP contribution is 2.33. The maximum absolute atomic E-state index is 13.3. The number of benzene rings is 4. The minimum absolute atomic E-state index is 0.0690. The Bertz CT molecular complexity index is 1390. The number of hydrogen-bond donors (Lipinski definition) is 4. The predicted octanol–water partition coefficient (Wildman–Crippen LogP) is 4.75. The molecule has 0 fully saturated rings. The van der Waals surface area contributed by atoms with Crippen LogP contribution >= 0.6 is 0 Å². The summed E-state index contributed by atoms with van der Waals surface area (Å²) in [6, 6.07) is 22.4. The second-order valence-corrected chi connectivity index (χ2v) is 7.41. The topological polar surface area (TPSA) is 125 Å². The van der Waals surface area contributed by atoms with Crippen LogP contribution in [0.5, 0.6) is 5.75 Å². The van der Waals surface area contributed by atoms with Crippen molar-refractivity contribution in [2.24, 2.45) is 5.73 Å². The monoisotopic (exact) mass is 439 g/mol. The van der Waals surface area contributed by atoms with Gasteiger partial charge in [0.25, 0.3) is 5.91 Å². The molecule has 33 heavy (non-hydrogen) atoms. The van der Waals surface area contributed by atoms with Crippen molar-refractivity contribution in [1.29, 1.82) is 5.41 Å². The molecule has 7 heteroatoms. The third-order valence-electron chi connectivity index (χ3n) is 5.33. The van der Waals surface area contributed by atoms with Crippen LogP contribution in [-0.4, -0.2) is 29.9 Å². The second kappa shape index (κ2) is 8.84. The van der Waals surface area contributed by atoms with E-state index in [-0.39, 0.29) is 17.0 Å². The van der Waals surface area contributed by atoms with Crippen LogP contribution in [0.3, 0.4) is 0 Å².